The molecule has 5 heteroatoms. The quantitative estimate of drug-likeness (QED) is 0.0346. The molecule has 0 spiro atoms. The van der Waals surface area contributed by atoms with Crippen LogP contribution in [0.4, 0.5) is 0 Å². The summed E-state index contributed by atoms with van der Waals surface area (Å²) in [5.74, 6) is -0.543. The van der Waals surface area contributed by atoms with Crippen LogP contribution in [-0.2, 0) is 23.8 Å². The topological polar surface area (TPSA) is 61.8 Å². The monoisotopic (exact) mass is 863 g/mol. The van der Waals surface area contributed by atoms with Crippen molar-refractivity contribution in [2.75, 3.05) is 19.8 Å². The number of hydrogen-bond donors (Lipinski definition) is 0. The summed E-state index contributed by atoms with van der Waals surface area (Å²) in [4.78, 5) is 25.3. The highest BCUT2D eigenvalue weighted by Gasteiger charge is 2.17. The van der Waals surface area contributed by atoms with Gasteiger partial charge >= 0.3 is 11.9 Å². The predicted molar refractivity (Wildman–Crippen MR) is 270 cm³/mol. The van der Waals surface area contributed by atoms with E-state index in [0.29, 0.717) is 13.0 Å². The normalized spacial score (nSPS) is 12.9. The summed E-state index contributed by atoms with van der Waals surface area (Å²) in [6, 6.07) is 0. The van der Waals surface area contributed by atoms with Gasteiger partial charge in [0.2, 0.25) is 0 Å². The Morgan fingerprint density at radius 2 is 0.774 bits per heavy atom. The van der Waals surface area contributed by atoms with Crippen LogP contribution in [0.15, 0.2) is 85.1 Å². The molecule has 0 aromatic heterocycles. The fraction of sp³-hybridized carbons (Fsp3) is 0.719. The first-order chi connectivity index (χ1) is 30.6. The van der Waals surface area contributed by atoms with E-state index >= 15 is 0 Å². The number of allylic oxidation sites excluding steroid dienone is 13. The van der Waals surface area contributed by atoms with Gasteiger partial charge in [0.25, 0.3) is 0 Å². The first-order valence-corrected chi connectivity index (χ1v) is 26.1. The van der Waals surface area contributed by atoms with E-state index in [0.717, 1.165) is 70.6 Å². The molecular weight excluding hydrogens is 765 g/mol. The minimum atomic E-state index is -0.578. The van der Waals surface area contributed by atoms with Gasteiger partial charge in [0.05, 0.1) is 13.0 Å². The number of carbonyl (C=O) groups excluding carboxylic acids is 2. The lowest BCUT2D eigenvalue weighted by atomic mass is 10.1. The zero-order valence-electron chi connectivity index (χ0n) is 40.9. The Hall–Kier alpha value is -2.92. The third-order valence-corrected chi connectivity index (χ3v) is 10.9. The van der Waals surface area contributed by atoms with E-state index in [1.165, 1.54) is 135 Å². The molecular formula is C57H98O5. The van der Waals surface area contributed by atoms with Crippen LogP contribution in [0.1, 0.15) is 239 Å². The van der Waals surface area contributed by atoms with E-state index in [1.54, 1.807) is 0 Å². The Labute approximate surface area is 384 Å². The molecule has 0 rings (SSSR count). The zero-order chi connectivity index (χ0) is 44.9. The molecule has 0 aromatic rings. The van der Waals surface area contributed by atoms with Crippen molar-refractivity contribution in [3.63, 3.8) is 0 Å². The third kappa shape index (κ3) is 49.7. The van der Waals surface area contributed by atoms with Gasteiger partial charge in [0.15, 0.2) is 6.10 Å². The van der Waals surface area contributed by atoms with E-state index in [9.17, 15) is 9.59 Å². The maximum atomic E-state index is 12.8. The molecule has 0 saturated heterocycles. The molecule has 0 heterocycles. The average molecular weight is 863 g/mol. The van der Waals surface area contributed by atoms with Crippen LogP contribution in [0.2, 0.25) is 0 Å². The van der Waals surface area contributed by atoms with Gasteiger partial charge < -0.3 is 14.2 Å². The number of rotatable bonds is 47. The second-order valence-corrected chi connectivity index (χ2v) is 17.1. The van der Waals surface area contributed by atoms with E-state index in [4.69, 9.17) is 14.2 Å². The van der Waals surface area contributed by atoms with Crippen molar-refractivity contribution < 1.29 is 23.8 Å². The summed E-state index contributed by atoms with van der Waals surface area (Å²) in [6.07, 6.45) is 69.0. The van der Waals surface area contributed by atoms with Crippen molar-refractivity contribution in [3.8, 4) is 0 Å². The van der Waals surface area contributed by atoms with Gasteiger partial charge in [-0.25, -0.2) is 0 Å². The predicted octanol–water partition coefficient (Wildman–Crippen LogP) is 17.7. The molecule has 0 aliphatic rings. The van der Waals surface area contributed by atoms with E-state index in [-0.39, 0.29) is 31.6 Å². The molecule has 0 amide bonds. The van der Waals surface area contributed by atoms with Crippen molar-refractivity contribution in [2.24, 2.45) is 0 Å². The molecule has 0 saturated carbocycles. The maximum absolute atomic E-state index is 12.8. The summed E-state index contributed by atoms with van der Waals surface area (Å²) >= 11 is 0. The highest BCUT2D eigenvalue weighted by atomic mass is 16.6. The van der Waals surface area contributed by atoms with E-state index in [2.05, 4.69) is 93.7 Å². The molecule has 356 valence electrons. The van der Waals surface area contributed by atoms with Crippen molar-refractivity contribution in [1.29, 1.82) is 0 Å². The lowest BCUT2D eigenvalue weighted by Crippen LogP contribution is -2.30. The number of unbranched alkanes of at least 4 members (excludes halogenated alkanes) is 23. The first kappa shape index (κ1) is 59.1. The molecule has 62 heavy (non-hydrogen) atoms. The minimum absolute atomic E-state index is 0.0289. The summed E-state index contributed by atoms with van der Waals surface area (Å²) in [6.45, 7) is 7.58. The van der Waals surface area contributed by atoms with Crippen molar-refractivity contribution in [3.05, 3.63) is 85.1 Å². The Bertz CT molecular complexity index is 1160. The molecule has 0 aliphatic carbocycles. The van der Waals surface area contributed by atoms with Crippen LogP contribution in [0, 0.1) is 0 Å². The highest BCUT2D eigenvalue weighted by Crippen LogP contribution is 2.14. The molecule has 5 nitrogen and oxygen atoms in total. The summed E-state index contributed by atoms with van der Waals surface area (Å²) < 4.78 is 17.3. The van der Waals surface area contributed by atoms with Crippen LogP contribution < -0.4 is 0 Å². The number of carbonyl (C=O) groups is 2. The average Bonchev–Trinajstić information content (AvgIpc) is 3.27. The Morgan fingerprint density at radius 1 is 0.387 bits per heavy atom. The molecule has 1 unspecified atom stereocenters. The molecule has 0 bridgehead atoms. The largest absolute Gasteiger partial charge is 0.461 e. The van der Waals surface area contributed by atoms with E-state index in [1.807, 2.05) is 12.2 Å². The first-order valence-electron chi connectivity index (χ1n) is 26.1. The number of ether oxygens (including phenoxy) is 3. The van der Waals surface area contributed by atoms with Crippen molar-refractivity contribution in [2.45, 2.75) is 245 Å². The van der Waals surface area contributed by atoms with Crippen LogP contribution in [0.5, 0.6) is 0 Å². The maximum Gasteiger partial charge on any atom is 0.309 e. The zero-order valence-corrected chi connectivity index (χ0v) is 40.9. The Kier molecular flexibility index (Phi) is 50.0. The van der Waals surface area contributed by atoms with Crippen LogP contribution in [0.25, 0.3) is 0 Å². The fourth-order valence-corrected chi connectivity index (χ4v) is 7.08. The second-order valence-electron chi connectivity index (χ2n) is 17.1. The lowest BCUT2D eigenvalue weighted by Gasteiger charge is -2.18. The van der Waals surface area contributed by atoms with Crippen LogP contribution in [-0.4, -0.2) is 37.9 Å². The smallest absolute Gasteiger partial charge is 0.309 e. The SMILES string of the molecule is CC/C=C\C/C=C\C/C=C\C/C=C\C/C=C\CC(=O)OCC(COCCCCCCCCCCCC/C=C\C/C=C\CCCCC)OC(=O)CCCCCCCCCCCCC. The Balaban J connectivity index is 4.32. The van der Waals surface area contributed by atoms with Crippen LogP contribution in [0.3, 0.4) is 0 Å². The van der Waals surface area contributed by atoms with Gasteiger partial charge in [0.1, 0.15) is 6.61 Å². The highest BCUT2D eigenvalue weighted by molar-refractivity contribution is 5.71. The van der Waals surface area contributed by atoms with Gasteiger partial charge in [0, 0.05) is 13.0 Å². The molecule has 0 aliphatic heterocycles. The van der Waals surface area contributed by atoms with Gasteiger partial charge in [-0.2, -0.15) is 0 Å². The fourth-order valence-electron chi connectivity index (χ4n) is 7.08. The van der Waals surface area contributed by atoms with Gasteiger partial charge in [-0.3, -0.25) is 9.59 Å². The van der Waals surface area contributed by atoms with Gasteiger partial charge in [-0.05, 0) is 77.0 Å². The third-order valence-electron chi connectivity index (χ3n) is 10.9. The van der Waals surface area contributed by atoms with E-state index < -0.39 is 6.10 Å². The molecule has 0 radical (unpaired) electrons. The lowest BCUT2D eigenvalue weighted by molar-refractivity contribution is -0.162. The van der Waals surface area contributed by atoms with Gasteiger partial charge in [-0.1, -0.05) is 234 Å². The Morgan fingerprint density at radius 3 is 1.27 bits per heavy atom. The van der Waals surface area contributed by atoms with Crippen molar-refractivity contribution >= 4 is 11.9 Å². The molecule has 0 N–H and O–H groups in total. The summed E-state index contributed by atoms with van der Waals surface area (Å²) in [5, 5.41) is 0. The molecule has 0 aromatic carbocycles. The van der Waals surface area contributed by atoms with Crippen LogP contribution >= 0.6 is 0 Å². The van der Waals surface area contributed by atoms with Crippen molar-refractivity contribution in [1.82, 2.24) is 0 Å². The van der Waals surface area contributed by atoms with Gasteiger partial charge in [-0.15, -0.1) is 0 Å². The second kappa shape index (κ2) is 52.4. The molecule has 0 fully saturated rings. The minimum Gasteiger partial charge on any atom is -0.461 e. The number of hydrogen-bond acceptors (Lipinski definition) is 5. The standard InChI is InChI=1S/C57H98O5/c1-4-7-10-13-16-19-22-24-26-27-28-29-30-32-34-37-40-43-46-49-52-60-53-55(62-57(59)51-48-45-42-39-35-21-18-15-12-9-6-3)54-61-56(58)50-47-44-41-38-36-33-31-25-23-20-17-14-11-8-5-2/h8,11,16-17,19-20,24-26,31,36,38,44,47,55H,4-7,9-10,12-15,18,21-23,27-30,32-35,37,39-43,45-46,48-54H2,1-3H3/b11-8-,19-16-,20-17-,26-24-,31-25-,38-36-,47-44-. The number of esters is 2. The summed E-state index contributed by atoms with van der Waals surface area (Å²) in [5.41, 5.74) is 0. The summed E-state index contributed by atoms with van der Waals surface area (Å²) in [7, 11) is 0. The molecule has 1 atom stereocenters.